The number of rotatable bonds is 3. The third-order valence-electron chi connectivity index (χ3n) is 6.11. The molecule has 7 heteroatoms. The molecule has 0 unspecified atom stereocenters. The van der Waals surface area contributed by atoms with Crippen LogP contribution in [0.1, 0.15) is 53.3 Å². The summed E-state index contributed by atoms with van der Waals surface area (Å²) < 4.78 is 10.7. The van der Waals surface area contributed by atoms with Gasteiger partial charge in [-0.05, 0) is 56.5 Å². The highest BCUT2D eigenvalue weighted by Crippen LogP contribution is 2.36. The standard InChI is InChI=1S/C23H25N3O4/c1-2-25-18-12-15(22(27)24-16-8-10-19-20(13-16)30-14-29-19)7-9-17(18)23(28)26-11-5-3-4-6-21(25)26/h7-10,12-13,21H,2-6,11,14H2,1H3,(H,24,27)/t21-/m0/s1. The van der Waals surface area contributed by atoms with Gasteiger partial charge in [0.2, 0.25) is 6.79 Å². The molecule has 5 rings (SSSR count). The van der Waals surface area contributed by atoms with Gasteiger partial charge in [-0.25, -0.2) is 0 Å². The summed E-state index contributed by atoms with van der Waals surface area (Å²) >= 11 is 0. The molecule has 1 fully saturated rings. The highest BCUT2D eigenvalue weighted by molar-refractivity contribution is 6.08. The molecule has 0 spiro atoms. The quantitative estimate of drug-likeness (QED) is 0.837. The molecule has 0 radical (unpaired) electrons. The van der Waals surface area contributed by atoms with Crippen LogP contribution in [-0.4, -0.2) is 42.8 Å². The number of ether oxygens (including phenoxy) is 2. The number of carbonyl (C=O) groups excluding carboxylic acids is 2. The summed E-state index contributed by atoms with van der Waals surface area (Å²) in [5.74, 6) is 1.15. The van der Waals surface area contributed by atoms with Gasteiger partial charge >= 0.3 is 0 Å². The van der Waals surface area contributed by atoms with E-state index in [0.29, 0.717) is 28.3 Å². The molecule has 0 bridgehead atoms. The molecule has 2 aromatic carbocycles. The lowest BCUT2D eigenvalue weighted by Crippen LogP contribution is -2.55. The maximum Gasteiger partial charge on any atom is 0.257 e. The monoisotopic (exact) mass is 407 g/mol. The molecular formula is C23H25N3O4. The third kappa shape index (κ3) is 3.14. The normalized spacial score (nSPS) is 19.8. The predicted octanol–water partition coefficient (Wildman–Crippen LogP) is 3.85. The lowest BCUT2D eigenvalue weighted by molar-refractivity contribution is 0.0656. The third-order valence-corrected chi connectivity index (χ3v) is 6.11. The molecule has 156 valence electrons. The van der Waals surface area contributed by atoms with E-state index in [1.54, 1.807) is 30.3 Å². The van der Waals surface area contributed by atoms with Crippen molar-refractivity contribution in [2.75, 3.05) is 30.1 Å². The molecular weight excluding hydrogens is 382 g/mol. The summed E-state index contributed by atoms with van der Waals surface area (Å²) in [5.41, 5.74) is 2.69. The predicted molar refractivity (Wildman–Crippen MR) is 113 cm³/mol. The number of amides is 2. The van der Waals surface area contributed by atoms with E-state index in [1.807, 2.05) is 11.0 Å². The second-order valence-corrected chi connectivity index (χ2v) is 7.87. The maximum atomic E-state index is 13.1. The van der Waals surface area contributed by atoms with Crippen LogP contribution in [0.3, 0.4) is 0 Å². The second kappa shape index (κ2) is 7.55. The van der Waals surface area contributed by atoms with Crippen molar-refractivity contribution in [3.63, 3.8) is 0 Å². The van der Waals surface area contributed by atoms with Crippen LogP contribution in [0.5, 0.6) is 11.5 Å². The number of nitrogens with one attached hydrogen (secondary N) is 1. The van der Waals surface area contributed by atoms with Gasteiger partial charge in [-0.3, -0.25) is 9.59 Å². The van der Waals surface area contributed by atoms with Gasteiger partial charge in [0.05, 0.1) is 11.3 Å². The molecule has 0 aromatic heterocycles. The van der Waals surface area contributed by atoms with Crippen molar-refractivity contribution in [2.24, 2.45) is 0 Å². The van der Waals surface area contributed by atoms with Crippen LogP contribution in [0.25, 0.3) is 0 Å². The minimum Gasteiger partial charge on any atom is -0.454 e. The van der Waals surface area contributed by atoms with E-state index < -0.39 is 0 Å². The van der Waals surface area contributed by atoms with Crippen molar-refractivity contribution < 1.29 is 19.1 Å². The SMILES string of the molecule is CCN1c2cc(C(=O)Nc3ccc4c(c3)OCO4)ccc2C(=O)N2CCCCC[C@H]21. The molecule has 1 atom stereocenters. The highest BCUT2D eigenvalue weighted by atomic mass is 16.7. The maximum absolute atomic E-state index is 13.1. The fourth-order valence-electron chi connectivity index (χ4n) is 4.62. The molecule has 2 amide bonds. The van der Waals surface area contributed by atoms with Crippen LogP contribution in [0.15, 0.2) is 36.4 Å². The lowest BCUT2D eigenvalue weighted by atomic mass is 10.0. The van der Waals surface area contributed by atoms with Crippen molar-refractivity contribution in [3.05, 3.63) is 47.5 Å². The van der Waals surface area contributed by atoms with Gasteiger partial charge in [0, 0.05) is 30.4 Å². The van der Waals surface area contributed by atoms with Crippen LogP contribution >= 0.6 is 0 Å². The molecule has 2 aromatic rings. The summed E-state index contributed by atoms with van der Waals surface area (Å²) in [6, 6.07) is 10.7. The summed E-state index contributed by atoms with van der Waals surface area (Å²) in [6.45, 7) is 3.87. The molecule has 3 aliphatic rings. The Morgan fingerprint density at radius 1 is 1.10 bits per heavy atom. The van der Waals surface area contributed by atoms with Gasteiger partial charge in [-0.1, -0.05) is 6.42 Å². The topological polar surface area (TPSA) is 71.1 Å². The van der Waals surface area contributed by atoms with E-state index in [2.05, 4.69) is 17.1 Å². The summed E-state index contributed by atoms with van der Waals surface area (Å²) in [4.78, 5) is 30.3. The Balaban J connectivity index is 1.43. The minimum absolute atomic E-state index is 0.0735. The van der Waals surface area contributed by atoms with Crippen LogP contribution in [-0.2, 0) is 0 Å². The zero-order valence-electron chi connectivity index (χ0n) is 17.0. The summed E-state index contributed by atoms with van der Waals surface area (Å²) in [7, 11) is 0. The number of fused-ring (bicyclic) bond motifs is 3. The Hall–Kier alpha value is -3.22. The lowest BCUT2D eigenvalue weighted by Gasteiger charge is -2.44. The van der Waals surface area contributed by atoms with Gasteiger partial charge in [0.25, 0.3) is 11.8 Å². The summed E-state index contributed by atoms with van der Waals surface area (Å²) in [5, 5.41) is 2.92. The average molecular weight is 407 g/mol. The van der Waals surface area contributed by atoms with E-state index in [1.165, 1.54) is 0 Å². The zero-order valence-corrected chi connectivity index (χ0v) is 17.0. The Bertz CT molecular complexity index is 1010. The minimum atomic E-state index is -0.219. The van der Waals surface area contributed by atoms with E-state index in [4.69, 9.17) is 9.47 Å². The molecule has 1 saturated heterocycles. The molecule has 0 saturated carbocycles. The van der Waals surface area contributed by atoms with Gasteiger partial charge in [-0.15, -0.1) is 0 Å². The van der Waals surface area contributed by atoms with Crippen LogP contribution < -0.4 is 19.7 Å². The Morgan fingerprint density at radius 2 is 1.97 bits per heavy atom. The smallest absolute Gasteiger partial charge is 0.257 e. The average Bonchev–Trinajstić information content (AvgIpc) is 3.09. The first-order chi connectivity index (χ1) is 14.7. The number of hydrogen-bond donors (Lipinski definition) is 1. The summed E-state index contributed by atoms with van der Waals surface area (Å²) in [6.07, 6.45) is 4.35. The van der Waals surface area contributed by atoms with E-state index >= 15 is 0 Å². The number of nitrogens with zero attached hydrogens (tertiary/aromatic N) is 2. The van der Waals surface area contributed by atoms with Gasteiger partial charge in [0.1, 0.15) is 6.17 Å². The second-order valence-electron chi connectivity index (χ2n) is 7.87. The molecule has 3 aliphatic heterocycles. The molecule has 1 N–H and O–H groups in total. The molecule has 0 aliphatic carbocycles. The van der Waals surface area contributed by atoms with Crippen LogP contribution in [0.2, 0.25) is 0 Å². The molecule has 3 heterocycles. The Labute approximate surface area is 175 Å². The van der Waals surface area contributed by atoms with Gasteiger partial charge in [0.15, 0.2) is 11.5 Å². The number of carbonyl (C=O) groups is 2. The van der Waals surface area contributed by atoms with E-state index in [9.17, 15) is 9.59 Å². The first-order valence-electron chi connectivity index (χ1n) is 10.6. The van der Waals surface area contributed by atoms with Crippen LogP contribution in [0, 0.1) is 0 Å². The first kappa shape index (κ1) is 18.8. The van der Waals surface area contributed by atoms with Crippen LogP contribution in [0.4, 0.5) is 11.4 Å². The van der Waals surface area contributed by atoms with Crippen molar-refractivity contribution in [1.82, 2.24) is 4.90 Å². The number of benzene rings is 2. The van der Waals surface area contributed by atoms with Crippen molar-refractivity contribution in [3.8, 4) is 11.5 Å². The van der Waals surface area contributed by atoms with E-state index in [-0.39, 0.29) is 24.8 Å². The largest absolute Gasteiger partial charge is 0.454 e. The zero-order chi connectivity index (χ0) is 20.7. The van der Waals surface area contributed by atoms with Gasteiger partial charge in [-0.2, -0.15) is 0 Å². The number of hydrogen-bond acceptors (Lipinski definition) is 5. The van der Waals surface area contributed by atoms with Crippen molar-refractivity contribution >= 4 is 23.2 Å². The Morgan fingerprint density at radius 3 is 2.83 bits per heavy atom. The fourth-order valence-corrected chi connectivity index (χ4v) is 4.62. The van der Waals surface area contributed by atoms with Gasteiger partial charge < -0.3 is 24.6 Å². The highest BCUT2D eigenvalue weighted by Gasteiger charge is 2.37. The Kier molecular flexibility index (Phi) is 4.73. The first-order valence-corrected chi connectivity index (χ1v) is 10.6. The fraction of sp³-hybridized carbons (Fsp3) is 0.391. The van der Waals surface area contributed by atoms with E-state index in [0.717, 1.165) is 44.5 Å². The van der Waals surface area contributed by atoms with Crippen molar-refractivity contribution in [2.45, 2.75) is 38.8 Å². The number of anilines is 2. The van der Waals surface area contributed by atoms with Crippen molar-refractivity contribution in [1.29, 1.82) is 0 Å². The molecule has 30 heavy (non-hydrogen) atoms. The molecule has 7 nitrogen and oxygen atoms in total.